The van der Waals surface area contributed by atoms with E-state index in [4.69, 9.17) is 4.74 Å². The Kier molecular flexibility index (Phi) is 6.52. The number of amides is 1. The molecule has 1 aromatic heterocycles. The zero-order valence-corrected chi connectivity index (χ0v) is 15.4. The fraction of sp³-hybridized carbons (Fsp3) is 0.333. The van der Waals surface area contributed by atoms with Crippen LogP contribution in [0.4, 0.5) is 13.2 Å². The zero-order valence-electron chi connectivity index (χ0n) is 14.6. The Morgan fingerprint density at radius 2 is 2.04 bits per heavy atom. The van der Waals surface area contributed by atoms with Gasteiger partial charge < -0.3 is 10.1 Å². The monoisotopic (exact) mass is 384 g/mol. The Morgan fingerprint density at radius 1 is 1.31 bits per heavy atom. The molecule has 0 fully saturated rings. The number of carbonyl (C=O) groups is 1. The zero-order chi connectivity index (χ0) is 19.3. The van der Waals surface area contributed by atoms with Gasteiger partial charge in [-0.3, -0.25) is 4.79 Å². The van der Waals surface area contributed by atoms with Crippen LogP contribution in [0.2, 0.25) is 0 Å². The summed E-state index contributed by atoms with van der Waals surface area (Å²) in [5, 5.41) is 3.21. The third kappa shape index (κ3) is 5.39. The Balaban J connectivity index is 1.93. The number of ether oxygens (including phenoxy) is 1. The predicted octanol–water partition coefficient (Wildman–Crippen LogP) is 4.39. The van der Waals surface area contributed by atoms with Crippen LogP contribution in [0.25, 0.3) is 0 Å². The number of hydrogen-bond donors (Lipinski definition) is 1. The molecule has 8 heteroatoms. The number of thioether (sulfide) groups is 1. The van der Waals surface area contributed by atoms with Gasteiger partial charge >= 0.3 is 6.18 Å². The van der Waals surface area contributed by atoms with Gasteiger partial charge in [-0.15, -0.1) is 0 Å². The second-order valence-electron chi connectivity index (χ2n) is 5.71. The number of aryl methyl sites for hydroxylation is 1. The molecular weight excluding hydrogens is 365 g/mol. The summed E-state index contributed by atoms with van der Waals surface area (Å²) in [5.41, 5.74) is 1.09. The number of nitrogens with one attached hydrogen (secondary N) is 1. The van der Waals surface area contributed by atoms with E-state index in [2.05, 4.69) is 10.3 Å². The minimum atomic E-state index is -4.42. The lowest BCUT2D eigenvalue weighted by Gasteiger charge is -2.18. The molecule has 1 unspecified atom stereocenters. The van der Waals surface area contributed by atoms with Crippen LogP contribution in [0.3, 0.4) is 0 Å². The lowest BCUT2D eigenvalue weighted by Crippen LogP contribution is -2.28. The van der Waals surface area contributed by atoms with Crippen LogP contribution in [0.15, 0.2) is 41.6 Å². The van der Waals surface area contributed by atoms with Crippen LogP contribution in [0, 0.1) is 6.92 Å². The van der Waals surface area contributed by atoms with E-state index in [1.54, 1.807) is 7.11 Å². The first-order chi connectivity index (χ1) is 12.2. The first-order valence-electron chi connectivity index (χ1n) is 7.80. The van der Waals surface area contributed by atoms with E-state index in [0.717, 1.165) is 35.2 Å². The third-order valence-corrected chi connectivity index (χ3v) is 4.59. The fourth-order valence-corrected chi connectivity index (χ4v) is 2.98. The van der Waals surface area contributed by atoms with Gasteiger partial charge in [0.2, 0.25) is 5.91 Å². The average molecular weight is 384 g/mol. The molecule has 26 heavy (non-hydrogen) atoms. The van der Waals surface area contributed by atoms with Gasteiger partial charge in [-0.1, -0.05) is 29.5 Å². The van der Waals surface area contributed by atoms with Crippen molar-refractivity contribution in [2.75, 3.05) is 12.9 Å². The summed E-state index contributed by atoms with van der Waals surface area (Å²) in [7, 11) is 1.56. The Bertz CT molecular complexity index is 764. The van der Waals surface area contributed by atoms with E-state index in [1.807, 2.05) is 32.0 Å². The standard InChI is InChI=1S/C18H19F3N2O2S/c1-11-4-6-15(25-3)14(8-11)12(2)23-16(24)10-26-17-7-5-13(9-22-17)18(19,20)21/h4-9,12H,10H2,1-3H3,(H,23,24). The number of pyridine rings is 1. The highest BCUT2D eigenvalue weighted by Gasteiger charge is 2.30. The van der Waals surface area contributed by atoms with Gasteiger partial charge in [-0.2, -0.15) is 13.2 Å². The smallest absolute Gasteiger partial charge is 0.417 e. The van der Waals surface area contributed by atoms with Crippen LogP contribution in [-0.2, 0) is 11.0 Å². The van der Waals surface area contributed by atoms with E-state index >= 15 is 0 Å². The van der Waals surface area contributed by atoms with Crippen LogP contribution in [0.1, 0.15) is 29.7 Å². The normalized spacial score (nSPS) is 12.5. The maximum Gasteiger partial charge on any atom is 0.417 e. The summed E-state index contributed by atoms with van der Waals surface area (Å²) in [6, 6.07) is 7.64. The molecule has 0 aliphatic heterocycles. The molecule has 1 aromatic carbocycles. The van der Waals surface area contributed by atoms with Crippen LogP contribution in [0.5, 0.6) is 5.75 Å². The number of nitrogens with zero attached hydrogens (tertiary/aromatic N) is 1. The summed E-state index contributed by atoms with van der Waals surface area (Å²) >= 11 is 1.08. The fourth-order valence-electron chi connectivity index (χ4n) is 2.33. The quantitative estimate of drug-likeness (QED) is 0.751. The first-order valence-corrected chi connectivity index (χ1v) is 8.79. The molecule has 0 aliphatic carbocycles. The predicted molar refractivity (Wildman–Crippen MR) is 94.3 cm³/mol. The number of hydrogen-bond acceptors (Lipinski definition) is 4. The van der Waals surface area contributed by atoms with Gasteiger partial charge in [-0.25, -0.2) is 4.98 Å². The van der Waals surface area contributed by atoms with Crippen molar-refractivity contribution in [3.8, 4) is 5.75 Å². The highest BCUT2D eigenvalue weighted by Crippen LogP contribution is 2.30. The van der Waals surface area contributed by atoms with Gasteiger partial charge in [-0.05, 0) is 32.0 Å². The molecule has 2 aromatic rings. The Labute approximate surface area is 154 Å². The van der Waals surface area contributed by atoms with Crippen molar-refractivity contribution in [1.82, 2.24) is 10.3 Å². The molecule has 0 saturated heterocycles. The van der Waals surface area contributed by atoms with Crippen molar-refractivity contribution >= 4 is 17.7 Å². The number of carbonyl (C=O) groups excluding carboxylic acids is 1. The van der Waals surface area contributed by atoms with Gasteiger partial charge in [0.15, 0.2) is 0 Å². The number of methoxy groups -OCH3 is 1. The summed E-state index contributed by atoms with van der Waals surface area (Å²) in [5.74, 6) is 0.491. The minimum absolute atomic E-state index is 0.0524. The van der Waals surface area contributed by atoms with Crippen LogP contribution >= 0.6 is 11.8 Å². The summed E-state index contributed by atoms with van der Waals surface area (Å²) in [6.07, 6.45) is -3.66. The van der Waals surface area contributed by atoms with Crippen molar-refractivity contribution in [2.45, 2.75) is 31.1 Å². The maximum atomic E-state index is 12.5. The summed E-state index contributed by atoms with van der Waals surface area (Å²) in [4.78, 5) is 15.9. The van der Waals surface area contributed by atoms with E-state index < -0.39 is 11.7 Å². The molecule has 140 valence electrons. The van der Waals surface area contributed by atoms with Crippen molar-refractivity contribution < 1.29 is 22.7 Å². The summed E-state index contributed by atoms with van der Waals surface area (Å²) in [6.45, 7) is 3.79. The second kappa shape index (κ2) is 8.44. The molecule has 0 bridgehead atoms. The maximum absolute atomic E-state index is 12.5. The molecule has 0 spiro atoms. The minimum Gasteiger partial charge on any atom is -0.496 e. The van der Waals surface area contributed by atoms with E-state index in [0.29, 0.717) is 10.8 Å². The average Bonchev–Trinajstić information content (AvgIpc) is 2.59. The van der Waals surface area contributed by atoms with Gasteiger partial charge in [0.05, 0.1) is 29.5 Å². The lowest BCUT2D eigenvalue weighted by atomic mass is 10.0. The Hall–Kier alpha value is -2.22. The molecule has 0 radical (unpaired) electrons. The molecule has 1 amide bonds. The molecule has 2 rings (SSSR count). The first kappa shape index (κ1) is 20.1. The number of benzene rings is 1. The number of aromatic nitrogens is 1. The molecule has 1 N–H and O–H groups in total. The Morgan fingerprint density at radius 3 is 2.62 bits per heavy atom. The van der Waals surface area contributed by atoms with E-state index in [9.17, 15) is 18.0 Å². The molecular formula is C18H19F3N2O2S. The van der Waals surface area contributed by atoms with Crippen molar-refractivity contribution in [3.05, 3.63) is 53.2 Å². The number of halogens is 3. The van der Waals surface area contributed by atoms with Gasteiger partial charge in [0.1, 0.15) is 5.75 Å². The van der Waals surface area contributed by atoms with Crippen molar-refractivity contribution in [3.63, 3.8) is 0 Å². The third-order valence-electron chi connectivity index (χ3n) is 3.64. The van der Waals surface area contributed by atoms with Gasteiger partial charge in [0, 0.05) is 11.8 Å². The van der Waals surface area contributed by atoms with E-state index in [-0.39, 0.29) is 17.7 Å². The van der Waals surface area contributed by atoms with Crippen molar-refractivity contribution in [2.24, 2.45) is 0 Å². The molecule has 0 saturated carbocycles. The molecule has 0 aliphatic rings. The highest BCUT2D eigenvalue weighted by atomic mass is 32.2. The van der Waals surface area contributed by atoms with Crippen LogP contribution in [-0.4, -0.2) is 23.8 Å². The topological polar surface area (TPSA) is 51.2 Å². The lowest BCUT2D eigenvalue weighted by molar-refractivity contribution is -0.137. The molecule has 1 heterocycles. The van der Waals surface area contributed by atoms with Gasteiger partial charge in [0.25, 0.3) is 0 Å². The molecule has 1 atom stereocenters. The number of alkyl halides is 3. The number of rotatable bonds is 6. The van der Waals surface area contributed by atoms with E-state index in [1.165, 1.54) is 6.07 Å². The SMILES string of the molecule is COc1ccc(C)cc1C(C)NC(=O)CSc1ccc(C(F)(F)F)cn1. The van der Waals surface area contributed by atoms with Crippen LogP contribution < -0.4 is 10.1 Å². The second-order valence-corrected chi connectivity index (χ2v) is 6.70. The largest absolute Gasteiger partial charge is 0.496 e. The highest BCUT2D eigenvalue weighted by molar-refractivity contribution is 7.99. The summed E-state index contributed by atoms with van der Waals surface area (Å²) < 4.78 is 42.8. The molecule has 4 nitrogen and oxygen atoms in total. The van der Waals surface area contributed by atoms with Crippen molar-refractivity contribution in [1.29, 1.82) is 0 Å².